The summed E-state index contributed by atoms with van der Waals surface area (Å²) in [5.74, 6) is 0. The van der Waals surface area contributed by atoms with Crippen LogP contribution in [0.4, 0.5) is 5.69 Å². The van der Waals surface area contributed by atoms with Crippen molar-refractivity contribution in [2.24, 2.45) is 0 Å². The summed E-state index contributed by atoms with van der Waals surface area (Å²) < 4.78 is 0. The van der Waals surface area contributed by atoms with E-state index in [2.05, 4.69) is 36.4 Å². The Balaban J connectivity index is 2.16. The second-order valence-electron chi connectivity index (χ2n) is 6.44. The zero-order valence-corrected chi connectivity index (χ0v) is 15.5. The molecule has 3 heteroatoms. The smallest absolute Gasteiger partial charge is 0.0894 e. The second kappa shape index (κ2) is 7.26. The van der Waals surface area contributed by atoms with E-state index in [0.29, 0.717) is 10.7 Å². The quantitative estimate of drug-likeness (QED) is 0.468. The first-order valence-corrected chi connectivity index (χ1v) is 9.19. The van der Waals surface area contributed by atoms with Crippen LogP contribution in [0, 0.1) is 0 Å². The van der Waals surface area contributed by atoms with Gasteiger partial charge in [0.05, 0.1) is 21.8 Å². The van der Waals surface area contributed by atoms with E-state index in [1.54, 1.807) is 12.3 Å². The Labute approximate surface area is 164 Å². The van der Waals surface area contributed by atoms with Crippen LogP contribution < -0.4 is 5.73 Å². The Kier molecular flexibility index (Phi) is 4.66. The molecule has 1 aromatic heterocycles. The maximum atomic E-state index is 6.47. The molecule has 0 aliphatic rings. The van der Waals surface area contributed by atoms with Crippen molar-refractivity contribution in [2.75, 3.05) is 5.73 Å². The second-order valence-corrected chi connectivity index (χ2v) is 6.88. The molecule has 1 heterocycles. The molecule has 0 bridgehead atoms. The SMILES string of the molecule is Nc1cc(Cl)cnc1C(c1ccccc1)(c1ccccc1)c1ccccc1. The van der Waals surface area contributed by atoms with Crippen molar-refractivity contribution in [2.45, 2.75) is 5.41 Å². The van der Waals surface area contributed by atoms with Gasteiger partial charge in [0.2, 0.25) is 0 Å². The average Bonchev–Trinajstić information content (AvgIpc) is 2.72. The van der Waals surface area contributed by atoms with Gasteiger partial charge < -0.3 is 5.73 Å². The van der Waals surface area contributed by atoms with Crippen LogP contribution in [0.2, 0.25) is 5.02 Å². The van der Waals surface area contributed by atoms with Gasteiger partial charge in [-0.3, -0.25) is 4.98 Å². The molecule has 132 valence electrons. The third kappa shape index (κ3) is 2.98. The molecule has 0 aliphatic heterocycles. The van der Waals surface area contributed by atoms with Gasteiger partial charge in [-0.1, -0.05) is 103 Å². The Morgan fingerprint density at radius 1 is 0.667 bits per heavy atom. The molecular weight excluding hydrogens is 352 g/mol. The standard InChI is InChI=1S/C24H19ClN2/c25-21-16-22(26)23(27-17-21)24(18-10-4-1-5-11-18,19-12-6-2-7-13-19)20-14-8-3-9-15-20/h1-17H,26H2. The van der Waals surface area contributed by atoms with Crippen LogP contribution >= 0.6 is 11.6 Å². The molecule has 3 aromatic carbocycles. The largest absolute Gasteiger partial charge is 0.397 e. The van der Waals surface area contributed by atoms with Gasteiger partial charge in [-0.05, 0) is 22.8 Å². The highest BCUT2D eigenvalue weighted by Gasteiger charge is 2.41. The number of nitrogen functional groups attached to an aromatic ring is 1. The number of nitrogens with zero attached hydrogens (tertiary/aromatic N) is 1. The lowest BCUT2D eigenvalue weighted by molar-refractivity contribution is 0.717. The number of aromatic nitrogens is 1. The number of anilines is 1. The Morgan fingerprint density at radius 3 is 1.44 bits per heavy atom. The summed E-state index contributed by atoms with van der Waals surface area (Å²) in [6, 6.07) is 32.8. The van der Waals surface area contributed by atoms with Gasteiger partial charge in [0.1, 0.15) is 0 Å². The van der Waals surface area contributed by atoms with E-state index < -0.39 is 5.41 Å². The number of halogens is 1. The molecule has 0 saturated carbocycles. The Hall–Kier alpha value is -3.10. The fourth-order valence-corrected chi connectivity index (χ4v) is 3.91. The summed E-state index contributed by atoms with van der Waals surface area (Å²) in [5, 5.41) is 0.527. The molecular formula is C24H19ClN2. The maximum Gasteiger partial charge on any atom is 0.0894 e. The predicted molar refractivity (Wildman–Crippen MR) is 112 cm³/mol. The monoisotopic (exact) mass is 370 g/mol. The molecule has 0 spiro atoms. The van der Waals surface area contributed by atoms with Gasteiger partial charge in [0.25, 0.3) is 0 Å². The van der Waals surface area contributed by atoms with Crippen LogP contribution in [0.15, 0.2) is 103 Å². The van der Waals surface area contributed by atoms with Gasteiger partial charge >= 0.3 is 0 Å². The number of nitrogens with two attached hydrogens (primary N) is 1. The molecule has 2 N–H and O–H groups in total. The topological polar surface area (TPSA) is 38.9 Å². The number of rotatable bonds is 4. The first-order chi connectivity index (χ1) is 13.2. The summed E-state index contributed by atoms with van der Waals surface area (Å²) in [6.07, 6.45) is 1.66. The molecule has 0 radical (unpaired) electrons. The summed E-state index contributed by atoms with van der Waals surface area (Å²) in [4.78, 5) is 4.72. The minimum Gasteiger partial charge on any atom is -0.397 e. The van der Waals surface area contributed by atoms with Crippen molar-refractivity contribution in [3.63, 3.8) is 0 Å². The fraction of sp³-hybridized carbons (Fsp3) is 0.0417. The van der Waals surface area contributed by atoms with E-state index in [1.807, 2.05) is 54.6 Å². The minimum atomic E-state index is -0.640. The van der Waals surface area contributed by atoms with E-state index in [4.69, 9.17) is 22.3 Å². The molecule has 4 rings (SSSR count). The lowest BCUT2D eigenvalue weighted by Gasteiger charge is -2.36. The van der Waals surface area contributed by atoms with Crippen LogP contribution in [0.1, 0.15) is 22.4 Å². The van der Waals surface area contributed by atoms with Crippen molar-refractivity contribution < 1.29 is 0 Å². The van der Waals surface area contributed by atoms with Crippen molar-refractivity contribution in [3.8, 4) is 0 Å². The van der Waals surface area contributed by atoms with Crippen molar-refractivity contribution in [1.82, 2.24) is 4.98 Å². The van der Waals surface area contributed by atoms with Crippen LogP contribution in [-0.2, 0) is 5.41 Å². The molecule has 0 aliphatic carbocycles. The minimum absolute atomic E-state index is 0.527. The number of benzene rings is 3. The third-order valence-electron chi connectivity index (χ3n) is 4.86. The van der Waals surface area contributed by atoms with Crippen LogP contribution in [-0.4, -0.2) is 4.98 Å². The van der Waals surface area contributed by atoms with Crippen LogP contribution in [0.25, 0.3) is 0 Å². The first-order valence-electron chi connectivity index (χ1n) is 8.81. The van der Waals surface area contributed by atoms with Gasteiger partial charge in [-0.25, -0.2) is 0 Å². The third-order valence-corrected chi connectivity index (χ3v) is 5.07. The predicted octanol–water partition coefficient (Wildman–Crippen LogP) is 5.70. The van der Waals surface area contributed by atoms with Crippen molar-refractivity contribution in [1.29, 1.82) is 0 Å². The van der Waals surface area contributed by atoms with E-state index in [9.17, 15) is 0 Å². The zero-order chi connectivity index (χ0) is 18.7. The highest BCUT2D eigenvalue weighted by atomic mass is 35.5. The lowest BCUT2D eigenvalue weighted by Crippen LogP contribution is -2.33. The van der Waals surface area contributed by atoms with E-state index >= 15 is 0 Å². The first kappa shape index (κ1) is 17.3. The lowest BCUT2D eigenvalue weighted by atomic mass is 9.66. The van der Waals surface area contributed by atoms with Gasteiger partial charge in [-0.15, -0.1) is 0 Å². The molecule has 2 nitrogen and oxygen atoms in total. The van der Waals surface area contributed by atoms with Gasteiger partial charge in [-0.2, -0.15) is 0 Å². The van der Waals surface area contributed by atoms with Gasteiger partial charge in [0.15, 0.2) is 0 Å². The average molecular weight is 371 g/mol. The van der Waals surface area contributed by atoms with Crippen LogP contribution in [0.3, 0.4) is 0 Å². The summed E-state index contributed by atoms with van der Waals surface area (Å²) in [7, 11) is 0. The number of pyridine rings is 1. The molecule has 0 unspecified atom stereocenters. The maximum absolute atomic E-state index is 6.47. The van der Waals surface area contributed by atoms with Crippen molar-refractivity contribution in [3.05, 3.63) is 131 Å². The molecule has 0 saturated heterocycles. The van der Waals surface area contributed by atoms with Gasteiger partial charge in [0, 0.05) is 6.20 Å². The fourth-order valence-electron chi connectivity index (χ4n) is 3.74. The summed E-state index contributed by atoms with van der Waals surface area (Å²) in [5.41, 5.74) is 10.5. The highest BCUT2D eigenvalue weighted by molar-refractivity contribution is 6.30. The Bertz CT molecular complexity index is 935. The Morgan fingerprint density at radius 2 is 1.07 bits per heavy atom. The molecule has 0 amide bonds. The normalized spacial score (nSPS) is 11.3. The van der Waals surface area contributed by atoms with E-state index in [0.717, 1.165) is 22.4 Å². The van der Waals surface area contributed by atoms with E-state index in [-0.39, 0.29) is 0 Å². The zero-order valence-electron chi connectivity index (χ0n) is 14.7. The number of hydrogen-bond donors (Lipinski definition) is 1. The molecule has 0 fully saturated rings. The van der Waals surface area contributed by atoms with Crippen LogP contribution in [0.5, 0.6) is 0 Å². The molecule has 0 atom stereocenters. The molecule has 27 heavy (non-hydrogen) atoms. The molecule has 4 aromatic rings. The summed E-state index contributed by atoms with van der Waals surface area (Å²) >= 11 is 6.16. The van der Waals surface area contributed by atoms with E-state index in [1.165, 1.54) is 0 Å². The highest BCUT2D eigenvalue weighted by Crippen LogP contribution is 2.46. The number of hydrogen-bond acceptors (Lipinski definition) is 2. The summed E-state index contributed by atoms with van der Waals surface area (Å²) in [6.45, 7) is 0. The van der Waals surface area contributed by atoms with Crippen molar-refractivity contribution >= 4 is 17.3 Å².